The molecule has 0 spiro atoms. The fourth-order valence-electron chi connectivity index (χ4n) is 3.44. The van der Waals surface area contributed by atoms with Gasteiger partial charge >= 0.3 is 0 Å². The number of aromatic nitrogens is 1. The normalized spacial score (nSPS) is 21.4. The summed E-state index contributed by atoms with van der Waals surface area (Å²) >= 11 is 0. The van der Waals surface area contributed by atoms with E-state index < -0.39 is 0 Å². The smallest absolute Gasteiger partial charge is 0.255 e. The first-order valence-electron chi connectivity index (χ1n) is 7.96. The average Bonchev–Trinajstić information content (AvgIpc) is 2.56. The maximum absolute atomic E-state index is 12.4. The highest BCUT2D eigenvalue weighted by molar-refractivity contribution is 5.93. The van der Waals surface area contributed by atoms with Crippen LogP contribution < -0.4 is 5.56 Å². The van der Waals surface area contributed by atoms with E-state index in [9.17, 15) is 9.59 Å². The van der Waals surface area contributed by atoms with Gasteiger partial charge < -0.3 is 14.8 Å². The summed E-state index contributed by atoms with van der Waals surface area (Å²) in [5.41, 5.74) is 0.404. The maximum Gasteiger partial charge on any atom is 0.255 e. The van der Waals surface area contributed by atoms with Gasteiger partial charge in [0.2, 0.25) is 5.56 Å². The molecule has 1 amide bonds. The summed E-state index contributed by atoms with van der Waals surface area (Å²) < 4.78 is 0. The highest BCUT2D eigenvalue weighted by atomic mass is 16.2. The molecule has 2 aliphatic rings. The highest BCUT2D eigenvalue weighted by Gasteiger charge is 2.27. The van der Waals surface area contributed by atoms with Crippen molar-refractivity contribution in [1.29, 1.82) is 0 Å². The molecular weight excluding hydrogens is 266 g/mol. The zero-order chi connectivity index (χ0) is 14.7. The van der Waals surface area contributed by atoms with E-state index in [1.54, 1.807) is 6.07 Å². The number of nitrogens with one attached hydrogen (secondary N) is 1. The summed E-state index contributed by atoms with van der Waals surface area (Å²) in [6.07, 6.45) is 7.64. The Labute approximate surface area is 124 Å². The summed E-state index contributed by atoms with van der Waals surface area (Å²) in [6.45, 7) is 4.08. The minimum absolute atomic E-state index is 0.0309. The predicted molar refractivity (Wildman–Crippen MR) is 81.4 cm³/mol. The molecule has 21 heavy (non-hydrogen) atoms. The first-order chi connectivity index (χ1) is 10.2. The minimum atomic E-state index is -0.171. The lowest BCUT2D eigenvalue weighted by molar-refractivity contribution is 0.0589. The SMILES string of the molecule is O=C(c1ccc(=O)[nH]c1)N1CCC(N2CCCCC2)CC1. The van der Waals surface area contributed by atoms with Crippen molar-refractivity contribution in [2.24, 2.45) is 0 Å². The van der Waals surface area contributed by atoms with Crippen molar-refractivity contribution < 1.29 is 4.79 Å². The Bertz CT molecular complexity index is 520. The standard InChI is InChI=1S/C16H23N3O2/c20-15-5-4-13(12-17-15)16(21)19-10-6-14(7-11-19)18-8-2-1-3-9-18/h4-5,12,14H,1-3,6-11H2,(H,17,20). The number of nitrogens with zero attached hydrogens (tertiary/aromatic N) is 2. The summed E-state index contributed by atoms with van der Waals surface area (Å²) in [5.74, 6) is 0.0309. The first-order valence-corrected chi connectivity index (χ1v) is 7.96. The molecule has 0 atom stereocenters. The molecule has 2 fully saturated rings. The van der Waals surface area contributed by atoms with Crippen LogP contribution in [0.25, 0.3) is 0 Å². The van der Waals surface area contributed by atoms with Gasteiger partial charge in [-0.3, -0.25) is 9.59 Å². The molecular formula is C16H23N3O2. The maximum atomic E-state index is 12.4. The van der Waals surface area contributed by atoms with Gasteiger partial charge in [-0.05, 0) is 44.8 Å². The number of amides is 1. The molecule has 0 saturated carbocycles. The van der Waals surface area contributed by atoms with Crippen molar-refractivity contribution in [1.82, 2.24) is 14.8 Å². The van der Waals surface area contributed by atoms with Crippen molar-refractivity contribution in [2.45, 2.75) is 38.1 Å². The Morgan fingerprint density at radius 2 is 1.76 bits per heavy atom. The van der Waals surface area contributed by atoms with E-state index in [0.717, 1.165) is 25.9 Å². The molecule has 1 N–H and O–H groups in total. The molecule has 2 aliphatic heterocycles. The third-order valence-corrected chi connectivity index (χ3v) is 4.69. The summed E-state index contributed by atoms with van der Waals surface area (Å²) in [5, 5.41) is 0. The van der Waals surface area contributed by atoms with Crippen molar-refractivity contribution >= 4 is 5.91 Å². The largest absolute Gasteiger partial charge is 0.338 e. The monoisotopic (exact) mass is 289 g/mol. The van der Waals surface area contributed by atoms with Crippen LogP contribution in [0.1, 0.15) is 42.5 Å². The van der Waals surface area contributed by atoms with E-state index in [2.05, 4.69) is 9.88 Å². The molecule has 1 aromatic rings. The Morgan fingerprint density at radius 1 is 1.05 bits per heavy atom. The molecule has 3 rings (SSSR count). The van der Waals surface area contributed by atoms with Crippen LogP contribution in [-0.2, 0) is 0 Å². The molecule has 0 unspecified atom stereocenters. The molecule has 114 valence electrons. The van der Waals surface area contributed by atoms with E-state index in [1.807, 2.05) is 4.90 Å². The average molecular weight is 289 g/mol. The number of piperidine rings is 2. The fraction of sp³-hybridized carbons (Fsp3) is 0.625. The zero-order valence-electron chi connectivity index (χ0n) is 12.4. The number of H-pyrrole nitrogens is 1. The molecule has 1 aromatic heterocycles. The molecule has 0 aromatic carbocycles. The Balaban J connectivity index is 1.56. The molecule has 0 radical (unpaired) electrons. The van der Waals surface area contributed by atoms with Crippen LogP contribution >= 0.6 is 0 Å². The Morgan fingerprint density at radius 3 is 2.38 bits per heavy atom. The van der Waals surface area contributed by atoms with E-state index in [-0.39, 0.29) is 11.5 Å². The summed E-state index contributed by atoms with van der Waals surface area (Å²) in [7, 11) is 0. The number of hydrogen-bond donors (Lipinski definition) is 1. The molecule has 0 aliphatic carbocycles. The van der Waals surface area contributed by atoms with Crippen LogP contribution in [0, 0.1) is 0 Å². The molecule has 5 nitrogen and oxygen atoms in total. The van der Waals surface area contributed by atoms with Gasteiger partial charge in [0.1, 0.15) is 0 Å². The van der Waals surface area contributed by atoms with Gasteiger partial charge in [0.25, 0.3) is 5.91 Å². The number of carbonyl (C=O) groups is 1. The second-order valence-electron chi connectivity index (χ2n) is 6.06. The Hall–Kier alpha value is -1.62. The second-order valence-corrected chi connectivity index (χ2v) is 6.06. The second kappa shape index (κ2) is 6.43. The van der Waals surface area contributed by atoms with Crippen molar-refractivity contribution in [3.63, 3.8) is 0 Å². The molecule has 0 bridgehead atoms. The van der Waals surface area contributed by atoms with Gasteiger partial charge in [-0.1, -0.05) is 6.42 Å². The van der Waals surface area contributed by atoms with Crippen molar-refractivity contribution in [3.05, 3.63) is 34.2 Å². The number of likely N-dealkylation sites (tertiary alicyclic amines) is 2. The molecule has 5 heteroatoms. The van der Waals surface area contributed by atoms with Gasteiger partial charge in [0.05, 0.1) is 5.56 Å². The topological polar surface area (TPSA) is 56.4 Å². The summed E-state index contributed by atoms with van der Waals surface area (Å²) in [6, 6.07) is 3.66. The summed E-state index contributed by atoms with van der Waals surface area (Å²) in [4.78, 5) is 30.5. The molecule has 3 heterocycles. The van der Waals surface area contributed by atoms with Gasteiger partial charge in [0.15, 0.2) is 0 Å². The van der Waals surface area contributed by atoms with Gasteiger partial charge in [0, 0.05) is 31.4 Å². The van der Waals surface area contributed by atoms with E-state index in [4.69, 9.17) is 0 Å². The van der Waals surface area contributed by atoms with Crippen LogP contribution in [0.2, 0.25) is 0 Å². The lowest BCUT2D eigenvalue weighted by atomic mass is 9.99. The third-order valence-electron chi connectivity index (χ3n) is 4.69. The van der Waals surface area contributed by atoms with E-state index in [0.29, 0.717) is 11.6 Å². The molecule has 2 saturated heterocycles. The van der Waals surface area contributed by atoms with E-state index >= 15 is 0 Å². The third kappa shape index (κ3) is 3.35. The quantitative estimate of drug-likeness (QED) is 0.897. The first kappa shape index (κ1) is 14.3. The Kier molecular flexibility index (Phi) is 4.39. The van der Waals surface area contributed by atoms with Crippen LogP contribution in [0.5, 0.6) is 0 Å². The van der Waals surface area contributed by atoms with Crippen LogP contribution in [-0.4, -0.2) is 52.9 Å². The number of rotatable bonds is 2. The van der Waals surface area contributed by atoms with E-state index in [1.165, 1.54) is 44.6 Å². The number of pyridine rings is 1. The minimum Gasteiger partial charge on any atom is -0.338 e. The number of aromatic amines is 1. The lowest BCUT2D eigenvalue weighted by Crippen LogP contribution is -2.48. The fourth-order valence-corrected chi connectivity index (χ4v) is 3.44. The lowest BCUT2D eigenvalue weighted by Gasteiger charge is -2.40. The van der Waals surface area contributed by atoms with Crippen molar-refractivity contribution in [3.8, 4) is 0 Å². The highest BCUT2D eigenvalue weighted by Crippen LogP contribution is 2.21. The predicted octanol–water partition coefficient (Wildman–Crippen LogP) is 1.47. The number of hydrogen-bond acceptors (Lipinski definition) is 3. The van der Waals surface area contributed by atoms with Crippen LogP contribution in [0.4, 0.5) is 0 Å². The van der Waals surface area contributed by atoms with Gasteiger partial charge in [-0.2, -0.15) is 0 Å². The van der Waals surface area contributed by atoms with Gasteiger partial charge in [-0.15, -0.1) is 0 Å². The van der Waals surface area contributed by atoms with Crippen LogP contribution in [0.3, 0.4) is 0 Å². The zero-order valence-corrected chi connectivity index (χ0v) is 12.4. The van der Waals surface area contributed by atoms with Crippen LogP contribution in [0.15, 0.2) is 23.1 Å². The number of carbonyl (C=O) groups excluding carboxylic acids is 1. The van der Waals surface area contributed by atoms with Crippen molar-refractivity contribution in [2.75, 3.05) is 26.2 Å². The van der Waals surface area contributed by atoms with Gasteiger partial charge in [-0.25, -0.2) is 0 Å².